The largest absolute Gasteiger partial charge is 0.388 e. The van der Waals surface area contributed by atoms with Gasteiger partial charge in [0.05, 0.1) is 5.69 Å². The van der Waals surface area contributed by atoms with Gasteiger partial charge in [0.2, 0.25) is 0 Å². The van der Waals surface area contributed by atoms with Gasteiger partial charge in [-0.2, -0.15) is 0 Å². The Kier molecular flexibility index (Phi) is 3.01. The number of aromatic amines is 1. The normalized spacial score (nSPS) is 10.7. The van der Waals surface area contributed by atoms with Crippen LogP contribution in [0.4, 0.5) is 4.39 Å². The number of rotatable bonds is 3. The van der Waals surface area contributed by atoms with E-state index in [1.54, 1.807) is 12.1 Å². The van der Waals surface area contributed by atoms with Crippen LogP contribution in [0.5, 0.6) is 0 Å². The van der Waals surface area contributed by atoms with E-state index in [1.807, 2.05) is 6.92 Å². The zero-order chi connectivity index (χ0) is 11.5. The van der Waals surface area contributed by atoms with Crippen molar-refractivity contribution in [2.75, 3.05) is 0 Å². The third-order valence-electron chi connectivity index (χ3n) is 2.43. The number of aliphatic hydroxyl groups excluding tert-OH is 1. The van der Waals surface area contributed by atoms with Gasteiger partial charge >= 0.3 is 0 Å². The zero-order valence-corrected chi connectivity index (χ0v) is 9.00. The number of aliphatic hydroxyl groups is 1. The van der Waals surface area contributed by atoms with E-state index in [4.69, 9.17) is 5.11 Å². The minimum absolute atomic E-state index is 0.137. The van der Waals surface area contributed by atoms with Crippen LogP contribution in [-0.4, -0.2) is 15.1 Å². The molecule has 3 nitrogen and oxygen atoms in total. The fourth-order valence-electron chi connectivity index (χ4n) is 1.67. The van der Waals surface area contributed by atoms with Crippen LogP contribution < -0.4 is 0 Å². The number of aryl methyl sites for hydroxylation is 1. The van der Waals surface area contributed by atoms with Gasteiger partial charge in [-0.25, -0.2) is 9.37 Å². The van der Waals surface area contributed by atoms with E-state index in [1.165, 1.54) is 12.1 Å². The average Bonchev–Trinajstić information content (AvgIpc) is 2.72. The number of imidazole rings is 1. The molecule has 0 amide bonds. The summed E-state index contributed by atoms with van der Waals surface area (Å²) in [5.74, 6) is 0.226. The van der Waals surface area contributed by atoms with Gasteiger partial charge < -0.3 is 10.1 Å². The van der Waals surface area contributed by atoms with Crippen molar-refractivity contribution in [3.05, 3.63) is 41.6 Å². The van der Waals surface area contributed by atoms with Gasteiger partial charge in [0.15, 0.2) is 0 Å². The van der Waals surface area contributed by atoms with Gasteiger partial charge in [0, 0.05) is 11.3 Å². The summed E-state index contributed by atoms with van der Waals surface area (Å²) in [6.07, 6.45) is 0.763. The molecule has 0 aliphatic carbocycles. The Bertz CT molecular complexity index is 494. The summed E-state index contributed by atoms with van der Waals surface area (Å²) in [5, 5.41) is 9.00. The second-order valence-electron chi connectivity index (χ2n) is 3.53. The lowest BCUT2D eigenvalue weighted by Gasteiger charge is -1.99. The summed E-state index contributed by atoms with van der Waals surface area (Å²) in [4.78, 5) is 7.25. The number of hydrogen-bond acceptors (Lipinski definition) is 2. The molecule has 4 heteroatoms. The summed E-state index contributed by atoms with van der Waals surface area (Å²) in [6.45, 7) is 1.85. The lowest BCUT2D eigenvalue weighted by atomic mass is 10.1. The molecule has 1 heterocycles. The fraction of sp³-hybridized carbons (Fsp3) is 0.250. The lowest BCUT2D eigenvalue weighted by molar-refractivity contribution is 0.272. The molecular formula is C12H13FN2O. The molecule has 0 bridgehead atoms. The van der Waals surface area contributed by atoms with Crippen LogP contribution in [0.2, 0.25) is 0 Å². The van der Waals surface area contributed by atoms with Crippen LogP contribution in [0.3, 0.4) is 0 Å². The molecule has 16 heavy (non-hydrogen) atoms. The molecule has 0 spiro atoms. The first kappa shape index (κ1) is 10.8. The maximum absolute atomic E-state index is 13.1. The summed E-state index contributed by atoms with van der Waals surface area (Å²) in [5.41, 5.74) is 2.36. The van der Waals surface area contributed by atoms with E-state index in [0.29, 0.717) is 11.5 Å². The highest BCUT2D eigenvalue weighted by Crippen LogP contribution is 2.22. The molecule has 84 valence electrons. The minimum atomic E-state index is -0.284. The minimum Gasteiger partial charge on any atom is -0.388 e. The monoisotopic (exact) mass is 220 g/mol. The molecule has 2 N–H and O–H groups in total. The number of aromatic nitrogens is 2. The molecule has 0 aliphatic rings. The summed E-state index contributed by atoms with van der Waals surface area (Å²) in [7, 11) is 0. The van der Waals surface area contributed by atoms with Gasteiger partial charge in [-0.05, 0) is 18.6 Å². The lowest BCUT2D eigenvalue weighted by Crippen LogP contribution is -1.86. The van der Waals surface area contributed by atoms with Crippen molar-refractivity contribution in [2.24, 2.45) is 0 Å². The molecular weight excluding hydrogens is 207 g/mol. The third kappa shape index (κ3) is 1.97. The number of halogens is 1. The molecule has 2 aromatic rings. The summed E-state index contributed by atoms with van der Waals surface area (Å²) < 4.78 is 13.1. The maximum Gasteiger partial charge on any atom is 0.132 e. The SMILES string of the molecule is CCc1[nH]c(CO)nc1-c1cccc(F)c1. The average molecular weight is 220 g/mol. The van der Waals surface area contributed by atoms with E-state index in [0.717, 1.165) is 17.7 Å². The molecule has 0 atom stereocenters. The molecule has 0 fully saturated rings. The summed E-state index contributed by atoms with van der Waals surface area (Å²) >= 11 is 0. The van der Waals surface area contributed by atoms with Crippen LogP contribution in [0.15, 0.2) is 24.3 Å². The van der Waals surface area contributed by atoms with Crippen molar-refractivity contribution in [2.45, 2.75) is 20.0 Å². The van der Waals surface area contributed by atoms with Gasteiger partial charge in [0.25, 0.3) is 0 Å². The van der Waals surface area contributed by atoms with Gasteiger partial charge in [-0.3, -0.25) is 0 Å². The third-order valence-corrected chi connectivity index (χ3v) is 2.43. The second kappa shape index (κ2) is 4.45. The number of benzene rings is 1. The first-order valence-electron chi connectivity index (χ1n) is 5.19. The predicted molar refractivity (Wildman–Crippen MR) is 59.3 cm³/mol. The van der Waals surface area contributed by atoms with E-state index in [-0.39, 0.29) is 12.4 Å². The van der Waals surface area contributed by atoms with E-state index in [2.05, 4.69) is 9.97 Å². The molecule has 0 radical (unpaired) electrons. The number of hydrogen-bond donors (Lipinski definition) is 2. The van der Waals surface area contributed by atoms with E-state index in [9.17, 15) is 4.39 Å². The second-order valence-corrected chi connectivity index (χ2v) is 3.53. The quantitative estimate of drug-likeness (QED) is 0.833. The highest BCUT2D eigenvalue weighted by Gasteiger charge is 2.10. The van der Waals surface area contributed by atoms with E-state index >= 15 is 0 Å². The van der Waals surface area contributed by atoms with Crippen LogP contribution >= 0.6 is 0 Å². The summed E-state index contributed by atoms with van der Waals surface area (Å²) in [6, 6.07) is 6.29. The van der Waals surface area contributed by atoms with Crippen molar-refractivity contribution in [3.8, 4) is 11.3 Å². The van der Waals surface area contributed by atoms with Crippen molar-refractivity contribution in [1.29, 1.82) is 0 Å². The van der Waals surface area contributed by atoms with Crippen LogP contribution in [0, 0.1) is 5.82 Å². The van der Waals surface area contributed by atoms with Gasteiger partial charge in [-0.1, -0.05) is 19.1 Å². The topological polar surface area (TPSA) is 48.9 Å². The first-order chi connectivity index (χ1) is 7.74. The van der Waals surface area contributed by atoms with Gasteiger partial charge in [-0.15, -0.1) is 0 Å². The number of nitrogens with zero attached hydrogens (tertiary/aromatic N) is 1. The fourth-order valence-corrected chi connectivity index (χ4v) is 1.67. The van der Waals surface area contributed by atoms with Crippen molar-refractivity contribution in [3.63, 3.8) is 0 Å². The van der Waals surface area contributed by atoms with E-state index < -0.39 is 0 Å². The van der Waals surface area contributed by atoms with Gasteiger partial charge in [0.1, 0.15) is 18.2 Å². The van der Waals surface area contributed by atoms with Crippen molar-refractivity contribution >= 4 is 0 Å². The Morgan fingerprint density at radius 2 is 2.25 bits per heavy atom. The molecule has 0 saturated heterocycles. The zero-order valence-electron chi connectivity index (χ0n) is 9.00. The Hall–Kier alpha value is -1.68. The predicted octanol–water partition coefficient (Wildman–Crippen LogP) is 2.27. The van der Waals surface area contributed by atoms with Crippen molar-refractivity contribution < 1.29 is 9.50 Å². The molecule has 0 unspecified atom stereocenters. The Morgan fingerprint density at radius 1 is 1.44 bits per heavy atom. The molecule has 1 aromatic carbocycles. The van der Waals surface area contributed by atoms with Crippen LogP contribution in [0.25, 0.3) is 11.3 Å². The Morgan fingerprint density at radius 3 is 2.88 bits per heavy atom. The van der Waals surface area contributed by atoms with Crippen molar-refractivity contribution in [1.82, 2.24) is 9.97 Å². The van der Waals surface area contributed by atoms with Crippen LogP contribution in [0.1, 0.15) is 18.4 Å². The Balaban J connectivity index is 2.50. The highest BCUT2D eigenvalue weighted by atomic mass is 19.1. The first-order valence-corrected chi connectivity index (χ1v) is 5.19. The van der Waals surface area contributed by atoms with Crippen LogP contribution in [-0.2, 0) is 13.0 Å². The highest BCUT2D eigenvalue weighted by molar-refractivity contribution is 5.62. The molecule has 0 aliphatic heterocycles. The smallest absolute Gasteiger partial charge is 0.132 e. The number of nitrogens with one attached hydrogen (secondary N) is 1. The molecule has 1 aromatic heterocycles. The number of H-pyrrole nitrogens is 1. The standard InChI is InChI=1S/C12H13FN2O/c1-2-10-12(15-11(7-16)14-10)8-4-3-5-9(13)6-8/h3-6,16H,2,7H2,1H3,(H,14,15). The molecule has 0 saturated carbocycles. The maximum atomic E-state index is 13.1. The molecule has 2 rings (SSSR count). The Labute approximate surface area is 93.0 Å².